The zero-order chi connectivity index (χ0) is 15.0. The molecule has 0 amide bonds. The smallest absolute Gasteiger partial charge is 0.146 e. The summed E-state index contributed by atoms with van der Waals surface area (Å²) in [4.78, 5) is 4.31. The van der Waals surface area contributed by atoms with E-state index in [1.54, 1.807) is 6.07 Å². The monoisotopic (exact) mass is 307 g/mol. The number of piperazine rings is 1. The first kappa shape index (κ1) is 14.7. The van der Waals surface area contributed by atoms with E-state index >= 15 is 0 Å². The first-order chi connectivity index (χ1) is 10.1. The average Bonchev–Trinajstić information content (AvgIpc) is 2.49. The molecule has 2 unspecified atom stereocenters. The van der Waals surface area contributed by atoms with E-state index in [1.165, 1.54) is 0 Å². The minimum atomic E-state index is -0.145. The summed E-state index contributed by atoms with van der Waals surface area (Å²) in [6.07, 6.45) is 4.05. The lowest BCUT2D eigenvalue weighted by Gasteiger charge is -2.37. The Kier molecular flexibility index (Phi) is 4.13. The van der Waals surface area contributed by atoms with Crippen molar-refractivity contribution in [1.82, 2.24) is 5.32 Å². The number of hydrogen-bond acceptors (Lipinski definition) is 4. The zero-order valence-corrected chi connectivity index (χ0v) is 13.4. The molecule has 21 heavy (non-hydrogen) atoms. The van der Waals surface area contributed by atoms with Crippen molar-refractivity contribution in [2.45, 2.75) is 25.1 Å². The average molecular weight is 307 g/mol. The van der Waals surface area contributed by atoms with Gasteiger partial charge >= 0.3 is 0 Å². The Morgan fingerprint density at radius 2 is 2.19 bits per heavy atom. The van der Waals surface area contributed by atoms with Crippen LogP contribution in [0.4, 0.5) is 15.8 Å². The van der Waals surface area contributed by atoms with E-state index in [4.69, 9.17) is 0 Å². The Labute approximate surface area is 131 Å². The highest BCUT2D eigenvalue weighted by Gasteiger charge is 2.25. The summed E-state index contributed by atoms with van der Waals surface area (Å²) in [6, 6.07) is 3.94. The first-order valence-corrected chi connectivity index (χ1v) is 8.07. The number of hydrogen-bond donors (Lipinski definition) is 2. The highest BCUT2D eigenvalue weighted by atomic mass is 32.1. The summed E-state index contributed by atoms with van der Waals surface area (Å²) < 4.78 is 14.6. The molecule has 0 aliphatic carbocycles. The molecule has 2 aliphatic rings. The fraction of sp³-hybridized carbons (Fsp3) is 0.500. The van der Waals surface area contributed by atoms with Crippen molar-refractivity contribution in [3.05, 3.63) is 35.8 Å². The van der Waals surface area contributed by atoms with Crippen LogP contribution in [0.1, 0.15) is 24.7 Å². The van der Waals surface area contributed by atoms with Gasteiger partial charge in [0.2, 0.25) is 0 Å². The number of fused-ring (bicyclic) bond motifs is 1. The minimum Gasteiger partial charge on any atom is -0.364 e. The molecule has 2 heterocycles. The van der Waals surface area contributed by atoms with E-state index in [2.05, 4.69) is 41.6 Å². The van der Waals surface area contributed by atoms with Gasteiger partial charge in [0.05, 0.1) is 5.69 Å². The Morgan fingerprint density at radius 1 is 1.38 bits per heavy atom. The summed E-state index contributed by atoms with van der Waals surface area (Å²) in [5, 5.41) is 3.31. The fourth-order valence-electron chi connectivity index (χ4n) is 3.12. The molecule has 0 saturated carbocycles. The van der Waals surface area contributed by atoms with Gasteiger partial charge in [0.1, 0.15) is 5.82 Å². The Bertz CT molecular complexity index is 561. The SMILES string of the molecule is CCN1C=CC(S)c2cc(F)c(N3CCNCC3C)cc21. The number of benzene rings is 1. The number of thiol groups is 1. The van der Waals surface area contributed by atoms with Gasteiger partial charge in [0.25, 0.3) is 0 Å². The number of rotatable bonds is 2. The van der Waals surface area contributed by atoms with Gasteiger partial charge < -0.3 is 15.1 Å². The predicted molar refractivity (Wildman–Crippen MR) is 90.0 cm³/mol. The van der Waals surface area contributed by atoms with Crippen LogP contribution in [0.25, 0.3) is 0 Å². The Morgan fingerprint density at radius 3 is 2.90 bits per heavy atom. The van der Waals surface area contributed by atoms with Crippen molar-refractivity contribution in [3.63, 3.8) is 0 Å². The summed E-state index contributed by atoms with van der Waals surface area (Å²) in [6.45, 7) is 7.72. The van der Waals surface area contributed by atoms with Gasteiger partial charge in [-0.25, -0.2) is 4.39 Å². The number of halogens is 1. The predicted octanol–water partition coefficient (Wildman–Crippen LogP) is 2.95. The lowest BCUT2D eigenvalue weighted by Crippen LogP contribution is -2.50. The van der Waals surface area contributed by atoms with Gasteiger partial charge in [-0.1, -0.05) is 6.08 Å². The maximum atomic E-state index is 14.6. The van der Waals surface area contributed by atoms with E-state index in [9.17, 15) is 4.39 Å². The second kappa shape index (κ2) is 5.89. The van der Waals surface area contributed by atoms with E-state index in [0.717, 1.165) is 37.4 Å². The molecule has 1 N–H and O–H groups in total. The van der Waals surface area contributed by atoms with Crippen LogP contribution in [0.5, 0.6) is 0 Å². The standard InChI is InChI=1S/C16H22FN3S/c1-3-19-6-4-16(21)12-8-13(17)15(9-14(12)19)20-7-5-18-10-11(20)2/h4,6,8-9,11,16,18,21H,3,5,7,10H2,1-2H3. The molecule has 1 fully saturated rings. The number of nitrogens with one attached hydrogen (secondary N) is 1. The van der Waals surface area contributed by atoms with Gasteiger partial charge in [-0.15, -0.1) is 0 Å². The third-order valence-electron chi connectivity index (χ3n) is 4.32. The third kappa shape index (κ3) is 2.64. The molecule has 1 aromatic rings. The van der Waals surface area contributed by atoms with Gasteiger partial charge in [-0.05, 0) is 31.5 Å². The zero-order valence-electron chi connectivity index (χ0n) is 12.5. The summed E-state index contributed by atoms with van der Waals surface area (Å²) in [5.41, 5.74) is 2.73. The van der Waals surface area contributed by atoms with Crippen molar-refractivity contribution >= 4 is 24.0 Å². The fourth-order valence-corrected chi connectivity index (χ4v) is 3.40. The van der Waals surface area contributed by atoms with E-state index in [0.29, 0.717) is 11.7 Å². The van der Waals surface area contributed by atoms with Gasteiger partial charge in [-0.2, -0.15) is 12.6 Å². The second-order valence-corrected chi connectivity index (χ2v) is 6.24. The molecule has 0 aromatic heterocycles. The van der Waals surface area contributed by atoms with Crippen LogP contribution in [0.3, 0.4) is 0 Å². The van der Waals surface area contributed by atoms with Crippen LogP contribution in [0.2, 0.25) is 0 Å². The van der Waals surface area contributed by atoms with E-state index in [-0.39, 0.29) is 11.1 Å². The molecule has 2 aliphatic heterocycles. The van der Waals surface area contributed by atoms with Gasteiger partial charge in [0, 0.05) is 49.4 Å². The molecule has 1 aromatic carbocycles. The lowest BCUT2D eigenvalue weighted by molar-refractivity contribution is 0.490. The molecule has 2 atom stereocenters. The second-order valence-electron chi connectivity index (χ2n) is 5.68. The van der Waals surface area contributed by atoms with Crippen LogP contribution in [0, 0.1) is 5.82 Å². The normalized spacial score (nSPS) is 25.1. The molecule has 3 rings (SSSR count). The van der Waals surface area contributed by atoms with Crippen molar-refractivity contribution in [2.75, 3.05) is 36.0 Å². The molecule has 1 saturated heterocycles. The van der Waals surface area contributed by atoms with Crippen molar-refractivity contribution in [3.8, 4) is 0 Å². The van der Waals surface area contributed by atoms with E-state index in [1.807, 2.05) is 18.3 Å². The quantitative estimate of drug-likeness (QED) is 0.819. The van der Waals surface area contributed by atoms with Crippen LogP contribution in [-0.2, 0) is 0 Å². The van der Waals surface area contributed by atoms with Gasteiger partial charge in [-0.3, -0.25) is 0 Å². The topological polar surface area (TPSA) is 18.5 Å². The van der Waals surface area contributed by atoms with E-state index < -0.39 is 0 Å². The lowest BCUT2D eigenvalue weighted by atomic mass is 10.0. The molecular formula is C16H22FN3S. The largest absolute Gasteiger partial charge is 0.364 e. The third-order valence-corrected chi connectivity index (χ3v) is 4.77. The van der Waals surface area contributed by atoms with Crippen molar-refractivity contribution in [2.24, 2.45) is 0 Å². The molecule has 3 nitrogen and oxygen atoms in total. The molecule has 5 heteroatoms. The molecule has 0 spiro atoms. The Hall–Kier alpha value is -1.20. The maximum absolute atomic E-state index is 14.6. The molecule has 114 valence electrons. The summed E-state index contributed by atoms with van der Waals surface area (Å²) in [7, 11) is 0. The van der Waals surface area contributed by atoms with Crippen LogP contribution >= 0.6 is 12.6 Å². The molecule has 0 bridgehead atoms. The van der Waals surface area contributed by atoms with Crippen molar-refractivity contribution < 1.29 is 4.39 Å². The highest BCUT2D eigenvalue weighted by molar-refractivity contribution is 7.80. The molecular weight excluding hydrogens is 285 g/mol. The van der Waals surface area contributed by atoms with Crippen molar-refractivity contribution in [1.29, 1.82) is 0 Å². The summed E-state index contributed by atoms with van der Waals surface area (Å²) in [5.74, 6) is -0.145. The van der Waals surface area contributed by atoms with Gasteiger partial charge in [0.15, 0.2) is 0 Å². The number of nitrogens with zero attached hydrogens (tertiary/aromatic N) is 2. The number of anilines is 2. The van der Waals surface area contributed by atoms with Crippen LogP contribution in [-0.4, -0.2) is 32.2 Å². The summed E-state index contributed by atoms with van der Waals surface area (Å²) >= 11 is 4.54. The van der Waals surface area contributed by atoms with Crippen LogP contribution < -0.4 is 15.1 Å². The maximum Gasteiger partial charge on any atom is 0.146 e. The van der Waals surface area contributed by atoms with Crippen LogP contribution in [0.15, 0.2) is 24.4 Å². The highest BCUT2D eigenvalue weighted by Crippen LogP contribution is 2.39. The minimum absolute atomic E-state index is 0.0354. The first-order valence-electron chi connectivity index (χ1n) is 7.55. The Balaban J connectivity index is 2.04. The molecule has 0 radical (unpaired) electrons.